The summed E-state index contributed by atoms with van der Waals surface area (Å²) in [5, 5.41) is 2.60. The number of amides is 3. The molecular formula is C20H22FN3O3. The molecule has 0 heterocycles. The van der Waals surface area contributed by atoms with Gasteiger partial charge in [0.2, 0.25) is 0 Å². The normalized spacial score (nSPS) is 11.6. The van der Waals surface area contributed by atoms with E-state index in [-0.39, 0.29) is 11.5 Å². The van der Waals surface area contributed by atoms with Gasteiger partial charge in [-0.1, -0.05) is 31.5 Å². The highest BCUT2D eigenvalue weighted by atomic mass is 19.1. The Morgan fingerprint density at radius 2 is 1.33 bits per heavy atom. The Morgan fingerprint density at radius 1 is 0.815 bits per heavy atom. The zero-order chi connectivity index (χ0) is 20.0. The van der Waals surface area contributed by atoms with Crippen molar-refractivity contribution in [1.82, 2.24) is 16.2 Å². The summed E-state index contributed by atoms with van der Waals surface area (Å²) in [6.07, 6.45) is 0. The zero-order valence-corrected chi connectivity index (χ0v) is 15.4. The van der Waals surface area contributed by atoms with E-state index < -0.39 is 29.6 Å². The molecule has 3 N–H and O–H groups in total. The number of hydrogen-bond acceptors (Lipinski definition) is 3. The molecule has 6 nitrogen and oxygen atoms in total. The van der Waals surface area contributed by atoms with E-state index in [9.17, 15) is 18.8 Å². The van der Waals surface area contributed by atoms with Crippen LogP contribution in [0.5, 0.6) is 0 Å². The van der Waals surface area contributed by atoms with Gasteiger partial charge in [-0.15, -0.1) is 0 Å². The van der Waals surface area contributed by atoms with E-state index in [0.29, 0.717) is 5.56 Å². The average Bonchev–Trinajstić information content (AvgIpc) is 2.64. The largest absolute Gasteiger partial charge is 0.340 e. The minimum atomic E-state index is -0.874. The molecule has 0 bridgehead atoms. The number of carbonyl (C=O) groups excluding carboxylic acids is 3. The van der Waals surface area contributed by atoms with Crippen LogP contribution < -0.4 is 16.2 Å². The van der Waals surface area contributed by atoms with Crippen LogP contribution in [-0.4, -0.2) is 23.8 Å². The van der Waals surface area contributed by atoms with Crippen molar-refractivity contribution in [2.75, 3.05) is 0 Å². The maximum Gasteiger partial charge on any atom is 0.269 e. The molecule has 0 radical (unpaired) electrons. The van der Waals surface area contributed by atoms with Crippen molar-refractivity contribution in [3.8, 4) is 0 Å². The molecular weight excluding hydrogens is 349 g/mol. The predicted octanol–water partition coefficient (Wildman–Crippen LogP) is 2.35. The number of hydrazine groups is 1. The van der Waals surface area contributed by atoms with E-state index in [2.05, 4.69) is 16.2 Å². The maximum atomic E-state index is 13.0. The highest BCUT2D eigenvalue weighted by Crippen LogP contribution is 2.07. The number of carbonyl (C=O) groups is 3. The van der Waals surface area contributed by atoms with E-state index >= 15 is 0 Å². The van der Waals surface area contributed by atoms with Gasteiger partial charge < -0.3 is 5.32 Å². The van der Waals surface area contributed by atoms with E-state index in [1.807, 2.05) is 6.92 Å². The molecule has 2 rings (SSSR count). The molecule has 3 amide bonds. The first-order valence-corrected chi connectivity index (χ1v) is 8.51. The zero-order valence-electron chi connectivity index (χ0n) is 15.4. The molecule has 0 spiro atoms. The van der Waals surface area contributed by atoms with Crippen LogP contribution in [0.15, 0.2) is 48.5 Å². The third-order valence-corrected chi connectivity index (χ3v) is 3.96. The molecule has 0 aliphatic carbocycles. The number of halogens is 1. The van der Waals surface area contributed by atoms with Crippen LogP contribution >= 0.6 is 0 Å². The second kappa shape index (κ2) is 8.93. The molecule has 7 heteroatoms. The lowest BCUT2D eigenvalue weighted by Gasteiger charge is -2.22. The van der Waals surface area contributed by atoms with Gasteiger partial charge in [-0.25, -0.2) is 4.39 Å². The molecule has 142 valence electrons. The van der Waals surface area contributed by atoms with Gasteiger partial charge in [0.05, 0.1) is 0 Å². The van der Waals surface area contributed by atoms with E-state index in [1.54, 1.807) is 38.1 Å². The molecule has 2 aromatic carbocycles. The number of benzene rings is 2. The van der Waals surface area contributed by atoms with Crippen molar-refractivity contribution in [3.63, 3.8) is 0 Å². The van der Waals surface area contributed by atoms with Crippen LogP contribution in [0.2, 0.25) is 0 Å². The first kappa shape index (κ1) is 20.1. The third kappa shape index (κ3) is 5.64. The van der Waals surface area contributed by atoms with Crippen molar-refractivity contribution in [2.45, 2.75) is 26.8 Å². The summed E-state index contributed by atoms with van der Waals surface area (Å²) in [6.45, 7) is 5.43. The molecule has 2 aromatic rings. The fourth-order valence-electron chi connectivity index (χ4n) is 2.33. The second-order valence-corrected chi connectivity index (χ2v) is 6.51. The van der Waals surface area contributed by atoms with Gasteiger partial charge in [0.1, 0.15) is 11.9 Å². The quantitative estimate of drug-likeness (QED) is 0.705. The van der Waals surface area contributed by atoms with Gasteiger partial charge in [-0.3, -0.25) is 25.2 Å². The summed E-state index contributed by atoms with van der Waals surface area (Å²) in [6, 6.07) is 11.0. The van der Waals surface area contributed by atoms with E-state index in [0.717, 1.165) is 5.56 Å². The smallest absolute Gasteiger partial charge is 0.269 e. The monoisotopic (exact) mass is 371 g/mol. The Balaban J connectivity index is 1.97. The van der Waals surface area contributed by atoms with Crippen LogP contribution in [0.4, 0.5) is 4.39 Å². The number of aryl methyl sites for hydroxylation is 1. The Kier molecular flexibility index (Phi) is 6.65. The van der Waals surface area contributed by atoms with Crippen molar-refractivity contribution in [1.29, 1.82) is 0 Å². The van der Waals surface area contributed by atoms with E-state index in [4.69, 9.17) is 0 Å². The predicted molar refractivity (Wildman–Crippen MR) is 99.3 cm³/mol. The molecule has 0 fully saturated rings. The molecule has 0 saturated carbocycles. The second-order valence-electron chi connectivity index (χ2n) is 6.51. The summed E-state index contributed by atoms with van der Waals surface area (Å²) in [7, 11) is 0. The topological polar surface area (TPSA) is 87.3 Å². The summed E-state index contributed by atoms with van der Waals surface area (Å²) < 4.78 is 13.0. The molecule has 0 aromatic heterocycles. The van der Waals surface area contributed by atoms with Gasteiger partial charge in [-0.05, 0) is 49.2 Å². The molecule has 1 unspecified atom stereocenters. The lowest BCUT2D eigenvalue weighted by Crippen LogP contribution is -2.54. The molecule has 0 aliphatic heterocycles. The van der Waals surface area contributed by atoms with Crippen molar-refractivity contribution >= 4 is 17.7 Å². The van der Waals surface area contributed by atoms with Gasteiger partial charge in [0.25, 0.3) is 17.7 Å². The summed E-state index contributed by atoms with van der Waals surface area (Å²) in [5.74, 6) is -2.21. The SMILES string of the molecule is Cc1ccc(C(=O)NNC(=O)C(NC(=O)c2ccc(F)cc2)C(C)C)cc1. The average molecular weight is 371 g/mol. The number of hydrogen-bond donors (Lipinski definition) is 3. The van der Waals surface area contributed by atoms with Crippen molar-refractivity contribution < 1.29 is 18.8 Å². The first-order valence-electron chi connectivity index (χ1n) is 8.51. The van der Waals surface area contributed by atoms with Crippen LogP contribution in [0.3, 0.4) is 0 Å². The fourth-order valence-corrected chi connectivity index (χ4v) is 2.33. The minimum absolute atomic E-state index is 0.231. The Labute approximate surface area is 157 Å². The van der Waals surface area contributed by atoms with E-state index in [1.165, 1.54) is 24.3 Å². The van der Waals surface area contributed by atoms with Crippen LogP contribution in [-0.2, 0) is 4.79 Å². The highest BCUT2D eigenvalue weighted by Gasteiger charge is 2.25. The van der Waals surface area contributed by atoms with Crippen molar-refractivity contribution in [3.05, 3.63) is 71.0 Å². The molecule has 27 heavy (non-hydrogen) atoms. The van der Waals surface area contributed by atoms with Crippen LogP contribution in [0.1, 0.15) is 40.1 Å². The summed E-state index contributed by atoms with van der Waals surface area (Å²) in [4.78, 5) is 36.7. The third-order valence-electron chi connectivity index (χ3n) is 3.96. The van der Waals surface area contributed by atoms with Gasteiger partial charge in [0.15, 0.2) is 0 Å². The minimum Gasteiger partial charge on any atom is -0.340 e. The summed E-state index contributed by atoms with van der Waals surface area (Å²) in [5.41, 5.74) is 6.31. The Morgan fingerprint density at radius 3 is 1.89 bits per heavy atom. The van der Waals surface area contributed by atoms with Gasteiger partial charge in [-0.2, -0.15) is 0 Å². The molecule has 0 saturated heterocycles. The number of rotatable bonds is 5. The lowest BCUT2D eigenvalue weighted by atomic mass is 10.0. The number of nitrogens with one attached hydrogen (secondary N) is 3. The standard InChI is InChI=1S/C20H22FN3O3/c1-12(2)17(22-18(25)14-8-10-16(21)11-9-14)20(27)24-23-19(26)15-6-4-13(3)5-7-15/h4-12,17H,1-3H3,(H,22,25)(H,23,26)(H,24,27). The molecule has 0 aliphatic rings. The fraction of sp³-hybridized carbons (Fsp3) is 0.250. The van der Waals surface area contributed by atoms with Gasteiger partial charge >= 0.3 is 0 Å². The lowest BCUT2D eigenvalue weighted by molar-refractivity contribution is -0.124. The summed E-state index contributed by atoms with van der Waals surface area (Å²) >= 11 is 0. The van der Waals surface area contributed by atoms with Crippen LogP contribution in [0, 0.1) is 18.7 Å². The molecule has 1 atom stereocenters. The Bertz CT molecular complexity index is 817. The highest BCUT2D eigenvalue weighted by molar-refractivity contribution is 5.99. The first-order chi connectivity index (χ1) is 12.8. The van der Waals surface area contributed by atoms with Gasteiger partial charge in [0, 0.05) is 11.1 Å². The van der Waals surface area contributed by atoms with Crippen molar-refractivity contribution in [2.24, 2.45) is 5.92 Å². The van der Waals surface area contributed by atoms with Crippen LogP contribution in [0.25, 0.3) is 0 Å². The maximum absolute atomic E-state index is 13.0. The Hall–Kier alpha value is -3.22.